The highest BCUT2D eigenvalue weighted by Crippen LogP contribution is 2.41. The van der Waals surface area contributed by atoms with Crippen molar-refractivity contribution < 1.29 is 9.53 Å². The maximum absolute atomic E-state index is 11.0. The average molecular weight is 191 g/mol. The predicted octanol–water partition coefficient (Wildman–Crippen LogP) is 1.67. The minimum atomic E-state index is -0.441. The molecule has 1 aromatic rings. The molecular weight excluding hydrogens is 178 g/mol. The van der Waals surface area contributed by atoms with Gasteiger partial charge in [-0.15, -0.1) is 0 Å². The number of hydrogen-bond donors (Lipinski definition) is 1. The number of hydrogen-bond acceptors (Lipinski definition) is 2. The van der Waals surface area contributed by atoms with Crippen molar-refractivity contribution in [1.82, 2.24) is 0 Å². The first-order valence-corrected chi connectivity index (χ1v) is 4.70. The minimum absolute atomic E-state index is 0.441. The molecule has 2 N–H and O–H groups in total. The molecule has 14 heavy (non-hydrogen) atoms. The first kappa shape index (κ1) is 9.06. The van der Waals surface area contributed by atoms with Crippen LogP contribution in [0.1, 0.15) is 34.7 Å². The Kier molecular flexibility index (Phi) is 2.15. The number of nitrogens with two attached hydrogens (primary N) is 1. The van der Waals surface area contributed by atoms with Gasteiger partial charge in [0.1, 0.15) is 5.75 Å². The van der Waals surface area contributed by atoms with E-state index in [0.29, 0.717) is 17.2 Å². The van der Waals surface area contributed by atoms with Crippen LogP contribution in [-0.2, 0) is 0 Å². The smallest absolute Gasteiger partial charge is 0.252 e. The van der Waals surface area contributed by atoms with E-state index in [9.17, 15) is 4.79 Å². The molecule has 1 aliphatic rings. The van der Waals surface area contributed by atoms with Crippen molar-refractivity contribution in [2.24, 2.45) is 5.73 Å². The zero-order valence-corrected chi connectivity index (χ0v) is 8.12. The highest BCUT2D eigenvalue weighted by Gasteiger charge is 2.24. The Morgan fingerprint density at radius 1 is 1.50 bits per heavy atom. The number of rotatable bonds is 3. The Morgan fingerprint density at radius 2 is 2.21 bits per heavy atom. The van der Waals surface area contributed by atoms with Gasteiger partial charge in [-0.2, -0.15) is 0 Å². The van der Waals surface area contributed by atoms with Crippen LogP contribution in [0.4, 0.5) is 0 Å². The van der Waals surface area contributed by atoms with Crippen LogP contribution >= 0.6 is 0 Å². The summed E-state index contributed by atoms with van der Waals surface area (Å²) in [5, 5.41) is 0. The largest absolute Gasteiger partial charge is 0.496 e. The van der Waals surface area contributed by atoms with Crippen molar-refractivity contribution in [1.29, 1.82) is 0 Å². The summed E-state index contributed by atoms with van der Waals surface area (Å²) in [7, 11) is 1.55. The van der Waals surface area contributed by atoms with E-state index in [-0.39, 0.29) is 0 Å². The molecule has 0 aliphatic heterocycles. The fourth-order valence-electron chi connectivity index (χ4n) is 1.58. The van der Waals surface area contributed by atoms with Gasteiger partial charge in [-0.25, -0.2) is 0 Å². The molecule has 1 aromatic carbocycles. The lowest BCUT2D eigenvalue weighted by molar-refractivity contribution is 0.0997. The number of benzene rings is 1. The quantitative estimate of drug-likeness (QED) is 0.790. The highest BCUT2D eigenvalue weighted by atomic mass is 16.5. The van der Waals surface area contributed by atoms with E-state index in [4.69, 9.17) is 10.5 Å². The van der Waals surface area contributed by atoms with Crippen LogP contribution in [-0.4, -0.2) is 13.0 Å². The van der Waals surface area contributed by atoms with E-state index in [1.807, 2.05) is 12.1 Å². The van der Waals surface area contributed by atoms with Crippen molar-refractivity contribution in [3.05, 3.63) is 29.3 Å². The maximum Gasteiger partial charge on any atom is 0.252 e. The van der Waals surface area contributed by atoms with Crippen LogP contribution < -0.4 is 10.5 Å². The van der Waals surface area contributed by atoms with Crippen LogP contribution in [0.3, 0.4) is 0 Å². The topological polar surface area (TPSA) is 52.3 Å². The predicted molar refractivity (Wildman–Crippen MR) is 53.5 cm³/mol. The van der Waals surface area contributed by atoms with Gasteiger partial charge < -0.3 is 10.5 Å². The van der Waals surface area contributed by atoms with E-state index in [2.05, 4.69) is 0 Å². The molecule has 1 amide bonds. The maximum atomic E-state index is 11.0. The lowest BCUT2D eigenvalue weighted by Crippen LogP contribution is -2.12. The van der Waals surface area contributed by atoms with E-state index < -0.39 is 5.91 Å². The molecule has 3 heteroatoms. The number of primary amides is 1. The minimum Gasteiger partial charge on any atom is -0.496 e. The summed E-state index contributed by atoms with van der Waals surface area (Å²) in [6.07, 6.45) is 2.47. The van der Waals surface area contributed by atoms with Crippen molar-refractivity contribution in [3.8, 4) is 5.75 Å². The fourth-order valence-corrected chi connectivity index (χ4v) is 1.58. The van der Waals surface area contributed by atoms with Gasteiger partial charge in [0.05, 0.1) is 12.7 Å². The third-order valence-electron chi connectivity index (χ3n) is 2.54. The summed E-state index contributed by atoms with van der Waals surface area (Å²) in [6.45, 7) is 0. The molecule has 2 rings (SSSR count). The first-order valence-electron chi connectivity index (χ1n) is 4.70. The van der Waals surface area contributed by atoms with Gasteiger partial charge in [-0.05, 0) is 36.5 Å². The summed E-state index contributed by atoms with van der Waals surface area (Å²) in [4.78, 5) is 11.0. The standard InChI is InChI=1S/C11H13NO2/c1-14-10-6-8(7-2-3-7)4-5-9(10)11(12)13/h4-7H,2-3H2,1H3,(H2,12,13). The fraction of sp³-hybridized carbons (Fsp3) is 0.364. The molecule has 0 atom stereocenters. The first-order chi connectivity index (χ1) is 6.72. The number of ether oxygens (including phenoxy) is 1. The van der Waals surface area contributed by atoms with Gasteiger partial charge in [0, 0.05) is 0 Å². The molecule has 0 unspecified atom stereocenters. The molecule has 1 fully saturated rings. The Labute approximate surface area is 82.9 Å². The number of carbonyl (C=O) groups excluding carboxylic acids is 1. The van der Waals surface area contributed by atoms with Gasteiger partial charge in [0.15, 0.2) is 0 Å². The molecule has 0 heterocycles. The van der Waals surface area contributed by atoms with Crippen molar-refractivity contribution >= 4 is 5.91 Å². The summed E-state index contributed by atoms with van der Waals surface area (Å²) in [5.74, 6) is 0.803. The van der Waals surface area contributed by atoms with Gasteiger partial charge >= 0.3 is 0 Å². The SMILES string of the molecule is COc1cc(C2CC2)ccc1C(N)=O. The molecule has 0 bridgehead atoms. The van der Waals surface area contributed by atoms with Crippen LogP contribution in [0.2, 0.25) is 0 Å². The highest BCUT2D eigenvalue weighted by molar-refractivity contribution is 5.95. The normalized spacial score (nSPS) is 15.2. The van der Waals surface area contributed by atoms with Crippen molar-refractivity contribution in [3.63, 3.8) is 0 Å². The van der Waals surface area contributed by atoms with Gasteiger partial charge in [-0.1, -0.05) is 6.07 Å². The summed E-state index contributed by atoms with van der Waals surface area (Å²) in [5.41, 5.74) is 6.91. The Morgan fingerprint density at radius 3 is 2.71 bits per heavy atom. The number of amides is 1. The van der Waals surface area contributed by atoms with Crippen molar-refractivity contribution in [2.45, 2.75) is 18.8 Å². The van der Waals surface area contributed by atoms with Crippen LogP contribution in [0.5, 0.6) is 5.75 Å². The van der Waals surface area contributed by atoms with Crippen molar-refractivity contribution in [2.75, 3.05) is 7.11 Å². The second kappa shape index (κ2) is 3.33. The van der Waals surface area contributed by atoms with Gasteiger partial charge in [-0.3, -0.25) is 4.79 Å². The average Bonchev–Trinajstić information content (AvgIpc) is 3.00. The lowest BCUT2D eigenvalue weighted by atomic mass is 10.1. The van der Waals surface area contributed by atoms with Crippen LogP contribution in [0, 0.1) is 0 Å². The van der Waals surface area contributed by atoms with E-state index in [0.717, 1.165) is 0 Å². The molecule has 0 radical (unpaired) electrons. The molecule has 0 saturated heterocycles. The van der Waals surface area contributed by atoms with Crippen LogP contribution in [0.25, 0.3) is 0 Å². The zero-order valence-electron chi connectivity index (χ0n) is 8.12. The third-order valence-corrected chi connectivity index (χ3v) is 2.54. The Hall–Kier alpha value is -1.51. The lowest BCUT2D eigenvalue weighted by Gasteiger charge is -2.07. The summed E-state index contributed by atoms with van der Waals surface area (Å²) < 4.78 is 5.12. The molecule has 0 aromatic heterocycles. The zero-order chi connectivity index (χ0) is 10.1. The third kappa shape index (κ3) is 1.58. The molecule has 1 saturated carbocycles. The Bertz CT molecular complexity index is 370. The number of carbonyl (C=O) groups is 1. The Balaban J connectivity index is 2.38. The van der Waals surface area contributed by atoms with E-state index in [1.54, 1.807) is 13.2 Å². The number of methoxy groups -OCH3 is 1. The second-order valence-electron chi connectivity index (χ2n) is 3.60. The summed E-state index contributed by atoms with van der Waals surface area (Å²) >= 11 is 0. The molecule has 1 aliphatic carbocycles. The molecular formula is C11H13NO2. The second-order valence-corrected chi connectivity index (χ2v) is 3.60. The van der Waals surface area contributed by atoms with E-state index >= 15 is 0 Å². The van der Waals surface area contributed by atoms with Gasteiger partial charge in [0.25, 0.3) is 5.91 Å². The molecule has 0 spiro atoms. The van der Waals surface area contributed by atoms with Crippen LogP contribution in [0.15, 0.2) is 18.2 Å². The monoisotopic (exact) mass is 191 g/mol. The summed E-state index contributed by atoms with van der Waals surface area (Å²) in [6, 6.07) is 5.62. The molecule has 74 valence electrons. The molecule has 3 nitrogen and oxygen atoms in total. The van der Waals surface area contributed by atoms with Gasteiger partial charge in [0.2, 0.25) is 0 Å². The van der Waals surface area contributed by atoms with E-state index in [1.165, 1.54) is 18.4 Å².